The number of carboxylic acid groups (broad SMARTS) is 1. The van der Waals surface area contributed by atoms with Crippen LogP contribution in [0.3, 0.4) is 0 Å². The molecule has 0 aromatic heterocycles. The van der Waals surface area contributed by atoms with E-state index < -0.39 is 23.7 Å². The van der Waals surface area contributed by atoms with Crippen molar-refractivity contribution < 1.29 is 19.1 Å². The van der Waals surface area contributed by atoms with E-state index in [2.05, 4.69) is 5.32 Å². The molecule has 0 saturated heterocycles. The van der Waals surface area contributed by atoms with Gasteiger partial charge < -0.3 is 10.4 Å². The fourth-order valence-electron chi connectivity index (χ4n) is 1.56. The summed E-state index contributed by atoms with van der Waals surface area (Å²) >= 11 is 0. The fourth-order valence-corrected chi connectivity index (χ4v) is 1.56. The van der Waals surface area contributed by atoms with Gasteiger partial charge in [-0.25, -0.2) is 9.18 Å². The Morgan fingerprint density at radius 3 is 2.44 bits per heavy atom. The minimum atomic E-state index is -1.13. The molecule has 18 heavy (non-hydrogen) atoms. The highest BCUT2D eigenvalue weighted by Gasteiger charge is 2.25. The molecular formula is C13H16FNO3. The third kappa shape index (κ3) is 3.06. The van der Waals surface area contributed by atoms with Gasteiger partial charge in [0.2, 0.25) is 0 Å². The van der Waals surface area contributed by atoms with Crippen molar-refractivity contribution in [3.8, 4) is 0 Å². The zero-order chi connectivity index (χ0) is 13.9. The second kappa shape index (κ2) is 5.62. The van der Waals surface area contributed by atoms with Gasteiger partial charge in [-0.15, -0.1) is 0 Å². The molecule has 98 valence electrons. The van der Waals surface area contributed by atoms with E-state index in [1.807, 2.05) is 0 Å². The minimum absolute atomic E-state index is 0.137. The van der Waals surface area contributed by atoms with E-state index in [0.29, 0.717) is 5.56 Å². The van der Waals surface area contributed by atoms with Gasteiger partial charge in [0.25, 0.3) is 5.91 Å². The normalized spacial score (nSPS) is 12.3. The van der Waals surface area contributed by atoms with Crippen molar-refractivity contribution in [1.29, 1.82) is 0 Å². The van der Waals surface area contributed by atoms with E-state index in [1.54, 1.807) is 32.9 Å². The van der Waals surface area contributed by atoms with Crippen molar-refractivity contribution in [1.82, 2.24) is 5.32 Å². The number of rotatable bonds is 4. The molecule has 1 amide bonds. The number of hydrogen-bond acceptors (Lipinski definition) is 2. The van der Waals surface area contributed by atoms with Crippen LogP contribution in [0.4, 0.5) is 4.39 Å². The van der Waals surface area contributed by atoms with Crippen molar-refractivity contribution in [2.75, 3.05) is 0 Å². The van der Waals surface area contributed by atoms with Gasteiger partial charge in [0, 0.05) is 0 Å². The highest BCUT2D eigenvalue weighted by molar-refractivity contribution is 5.97. The first kappa shape index (κ1) is 14.2. The van der Waals surface area contributed by atoms with Crippen molar-refractivity contribution in [3.05, 3.63) is 35.1 Å². The molecule has 0 fully saturated rings. The minimum Gasteiger partial charge on any atom is -0.480 e. The molecule has 1 unspecified atom stereocenters. The molecule has 0 saturated carbocycles. The van der Waals surface area contributed by atoms with Gasteiger partial charge >= 0.3 is 5.97 Å². The lowest BCUT2D eigenvalue weighted by Crippen LogP contribution is -2.44. The fraction of sp³-hybridized carbons (Fsp3) is 0.385. The van der Waals surface area contributed by atoms with E-state index in [-0.39, 0.29) is 11.5 Å². The Balaban J connectivity index is 2.94. The van der Waals surface area contributed by atoms with Crippen molar-refractivity contribution in [2.24, 2.45) is 5.92 Å². The van der Waals surface area contributed by atoms with Gasteiger partial charge in [-0.2, -0.15) is 0 Å². The number of carbonyl (C=O) groups is 2. The number of benzene rings is 1. The molecule has 4 nitrogen and oxygen atoms in total. The summed E-state index contributed by atoms with van der Waals surface area (Å²) in [5, 5.41) is 11.3. The Bertz CT molecular complexity index is 471. The second-order valence-corrected chi connectivity index (χ2v) is 4.47. The van der Waals surface area contributed by atoms with Gasteiger partial charge in [0.05, 0.1) is 5.56 Å². The summed E-state index contributed by atoms with van der Waals surface area (Å²) in [6.07, 6.45) is 0. The van der Waals surface area contributed by atoms with Gasteiger partial charge in [-0.3, -0.25) is 4.79 Å². The predicted octanol–water partition coefficient (Wildman–Crippen LogP) is 1.97. The number of carbonyl (C=O) groups excluding carboxylic acids is 1. The highest BCUT2D eigenvalue weighted by Crippen LogP contribution is 2.12. The van der Waals surface area contributed by atoms with E-state index in [9.17, 15) is 14.0 Å². The lowest BCUT2D eigenvalue weighted by Gasteiger charge is -2.18. The maximum atomic E-state index is 13.7. The highest BCUT2D eigenvalue weighted by atomic mass is 19.1. The average molecular weight is 253 g/mol. The Morgan fingerprint density at radius 2 is 1.94 bits per heavy atom. The SMILES string of the molecule is Cc1cccc(C(=O)NC(C(=O)O)C(C)C)c1F. The Kier molecular flexibility index (Phi) is 4.42. The van der Waals surface area contributed by atoms with Crippen LogP contribution < -0.4 is 5.32 Å². The number of amides is 1. The number of nitrogens with one attached hydrogen (secondary N) is 1. The van der Waals surface area contributed by atoms with Crippen LogP contribution in [0.2, 0.25) is 0 Å². The standard InChI is InChI=1S/C13H16FNO3/c1-7(2)11(13(17)18)15-12(16)9-6-4-5-8(3)10(9)14/h4-7,11H,1-3H3,(H,15,16)(H,17,18). The topological polar surface area (TPSA) is 66.4 Å². The summed E-state index contributed by atoms with van der Waals surface area (Å²) in [5.41, 5.74) is 0.209. The van der Waals surface area contributed by atoms with Crippen LogP contribution in [0, 0.1) is 18.7 Å². The van der Waals surface area contributed by atoms with Gasteiger partial charge in [0.1, 0.15) is 11.9 Å². The molecule has 0 aliphatic carbocycles. The molecule has 1 atom stereocenters. The van der Waals surface area contributed by atoms with Gasteiger partial charge in [-0.1, -0.05) is 26.0 Å². The Morgan fingerprint density at radius 1 is 1.33 bits per heavy atom. The van der Waals surface area contributed by atoms with E-state index >= 15 is 0 Å². The van der Waals surface area contributed by atoms with Crippen molar-refractivity contribution in [3.63, 3.8) is 0 Å². The maximum absolute atomic E-state index is 13.7. The summed E-state index contributed by atoms with van der Waals surface area (Å²) < 4.78 is 13.7. The van der Waals surface area contributed by atoms with Gasteiger partial charge in [0.15, 0.2) is 0 Å². The number of carboxylic acids is 1. The quantitative estimate of drug-likeness (QED) is 0.862. The molecule has 0 radical (unpaired) electrons. The largest absolute Gasteiger partial charge is 0.480 e. The molecule has 0 aliphatic heterocycles. The predicted molar refractivity (Wildman–Crippen MR) is 64.9 cm³/mol. The summed E-state index contributed by atoms with van der Waals surface area (Å²) in [5.74, 6) is -2.74. The monoisotopic (exact) mass is 253 g/mol. The molecule has 5 heteroatoms. The average Bonchev–Trinajstić information content (AvgIpc) is 2.28. The van der Waals surface area contributed by atoms with Crippen molar-refractivity contribution in [2.45, 2.75) is 26.8 Å². The van der Waals surface area contributed by atoms with E-state index in [1.165, 1.54) is 6.07 Å². The molecule has 0 spiro atoms. The van der Waals surface area contributed by atoms with Crippen LogP contribution in [0.25, 0.3) is 0 Å². The third-order valence-corrected chi connectivity index (χ3v) is 2.66. The van der Waals surface area contributed by atoms with Crippen LogP contribution >= 0.6 is 0 Å². The summed E-state index contributed by atoms with van der Waals surface area (Å²) in [4.78, 5) is 22.8. The second-order valence-electron chi connectivity index (χ2n) is 4.47. The lowest BCUT2D eigenvalue weighted by molar-refractivity contribution is -0.140. The summed E-state index contributed by atoms with van der Waals surface area (Å²) in [6, 6.07) is 3.40. The molecule has 1 aromatic carbocycles. The van der Waals surface area contributed by atoms with Crippen LogP contribution in [0.1, 0.15) is 29.8 Å². The van der Waals surface area contributed by atoms with Gasteiger partial charge in [-0.05, 0) is 24.5 Å². The third-order valence-electron chi connectivity index (χ3n) is 2.66. The number of aliphatic carboxylic acids is 1. The Labute approximate surface area is 105 Å². The zero-order valence-corrected chi connectivity index (χ0v) is 10.5. The molecule has 0 aliphatic rings. The van der Waals surface area contributed by atoms with E-state index in [4.69, 9.17) is 5.11 Å². The summed E-state index contributed by atoms with van der Waals surface area (Å²) in [7, 11) is 0. The molecule has 1 rings (SSSR count). The molecule has 2 N–H and O–H groups in total. The van der Waals surface area contributed by atoms with Crippen molar-refractivity contribution >= 4 is 11.9 Å². The molecule has 0 heterocycles. The molecular weight excluding hydrogens is 237 g/mol. The first-order chi connectivity index (χ1) is 8.34. The Hall–Kier alpha value is -1.91. The van der Waals surface area contributed by atoms with Crippen LogP contribution in [0.15, 0.2) is 18.2 Å². The first-order valence-corrected chi connectivity index (χ1v) is 5.63. The maximum Gasteiger partial charge on any atom is 0.326 e. The van der Waals surface area contributed by atoms with Crippen LogP contribution in [-0.2, 0) is 4.79 Å². The zero-order valence-electron chi connectivity index (χ0n) is 10.5. The number of hydrogen-bond donors (Lipinski definition) is 2. The van der Waals surface area contributed by atoms with Crippen LogP contribution in [-0.4, -0.2) is 23.0 Å². The number of aryl methyl sites for hydroxylation is 1. The smallest absolute Gasteiger partial charge is 0.326 e. The molecule has 0 bridgehead atoms. The van der Waals surface area contributed by atoms with E-state index in [0.717, 1.165) is 0 Å². The number of halogens is 1. The molecule has 1 aromatic rings. The lowest BCUT2D eigenvalue weighted by atomic mass is 10.0. The summed E-state index contributed by atoms with van der Waals surface area (Å²) in [6.45, 7) is 4.89. The van der Waals surface area contributed by atoms with Crippen LogP contribution in [0.5, 0.6) is 0 Å². The first-order valence-electron chi connectivity index (χ1n) is 5.63.